The van der Waals surface area contributed by atoms with Crippen LogP contribution in [0.4, 0.5) is 5.69 Å². The summed E-state index contributed by atoms with van der Waals surface area (Å²) in [5.74, 6) is 0.151. The van der Waals surface area contributed by atoms with Crippen LogP contribution in [0.3, 0.4) is 0 Å². The minimum absolute atomic E-state index is 0.253. The molecule has 0 aliphatic carbocycles. The van der Waals surface area contributed by atoms with Crippen molar-refractivity contribution in [3.8, 4) is 17.2 Å². The Morgan fingerprint density at radius 2 is 1.92 bits per heavy atom. The van der Waals surface area contributed by atoms with Crippen molar-refractivity contribution in [2.75, 3.05) is 31.6 Å². The first-order valence-electron chi connectivity index (χ1n) is 18.6. The van der Waals surface area contributed by atoms with Crippen molar-refractivity contribution in [2.24, 2.45) is 7.05 Å². The summed E-state index contributed by atoms with van der Waals surface area (Å²) in [5, 5.41) is 14.2. The highest BCUT2D eigenvalue weighted by molar-refractivity contribution is 6.32. The molecular formula is C42H48ClN7O2. The molecule has 9 nitrogen and oxygen atoms in total. The maximum atomic E-state index is 13.7. The zero-order valence-electron chi connectivity index (χ0n) is 30.7. The van der Waals surface area contributed by atoms with Gasteiger partial charge in [-0.25, -0.2) is 4.98 Å². The average molecular weight is 718 g/mol. The molecule has 0 saturated carbocycles. The highest BCUT2D eigenvalue weighted by atomic mass is 35.5. The highest BCUT2D eigenvalue weighted by Crippen LogP contribution is 2.34. The second-order valence-corrected chi connectivity index (χ2v) is 15.0. The van der Waals surface area contributed by atoms with Gasteiger partial charge in [-0.3, -0.25) is 19.6 Å². The topological polar surface area (TPSA) is 99.3 Å². The van der Waals surface area contributed by atoms with Gasteiger partial charge in [0, 0.05) is 86.6 Å². The van der Waals surface area contributed by atoms with Crippen LogP contribution in [0.2, 0.25) is 5.02 Å². The molecule has 1 atom stereocenters. The number of piperidine rings is 1. The van der Waals surface area contributed by atoms with E-state index in [0.717, 1.165) is 92.3 Å². The number of rotatable bonds is 8. The Kier molecular flexibility index (Phi) is 10.9. The number of carbonyl (C=O) groups excluding carboxylic acids is 1. The summed E-state index contributed by atoms with van der Waals surface area (Å²) in [6, 6.07) is 15.3. The minimum atomic E-state index is -0.253. The molecule has 0 bridgehead atoms. The van der Waals surface area contributed by atoms with E-state index in [9.17, 15) is 10.1 Å². The summed E-state index contributed by atoms with van der Waals surface area (Å²) in [7, 11) is 1.93. The Balaban J connectivity index is 1.09. The lowest BCUT2D eigenvalue weighted by Crippen LogP contribution is -2.42. The molecular weight excluding hydrogens is 670 g/mol. The first-order chi connectivity index (χ1) is 25.2. The first kappa shape index (κ1) is 36.0. The Bertz CT molecular complexity index is 2040. The Hall–Kier alpha value is -4.33. The number of carbonyl (C=O) groups is 1. The molecule has 2 aromatic carbocycles. The molecule has 1 amide bonds. The number of anilines is 1. The van der Waals surface area contributed by atoms with Gasteiger partial charge in [-0.2, -0.15) is 5.26 Å². The number of nitrogens with zero attached hydrogens (tertiary/aromatic N) is 6. The summed E-state index contributed by atoms with van der Waals surface area (Å²) in [5.41, 5.74) is 9.57. The average Bonchev–Trinajstić information content (AvgIpc) is 3.49. The smallest absolute Gasteiger partial charge is 0.291 e. The summed E-state index contributed by atoms with van der Waals surface area (Å²) >= 11 is 6.82. The van der Waals surface area contributed by atoms with Gasteiger partial charge < -0.3 is 14.6 Å². The van der Waals surface area contributed by atoms with E-state index in [1.54, 1.807) is 6.20 Å². The fourth-order valence-electron chi connectivity index (χ4n) is 8.12. The van der Waals surface area contributed by atoms with Gasteiger partial charge >= 0.3 is 0 Å². The van der Waals surface area contributed by atoms with Crippen molar-refractivity contribution < 1.29 is 9.53 Å². The fourth-order valence-corrected chi connectivity index (χ4v) is 8.37. The molecule has 5 heterocycles. The van der Waals surface area contributed by atoms with Crippen LogP contribution >= 0.6 is 11.6 Å². The largest absolute Gasteiger partial charge is 0.381 e. The number of imidazole rings is 1. The van der Waals surface area contributed by atoms with Crippen molar-refractivity contribution in [3.05, 3.63) is 98.3 Å². The molecule has 52 heavy (non-hydrogen) atoms. The zero-order valence-corrected chi connectivity index (χ0v) is 31.5. The second kappa shape index (κ2) is 15.7. The van der Waals surface area contributed by atoms with E-state index >= 15 is 0 Å². The molecule has 4 aromatic rings. The molecule has 7 rings (SSSR count). The van der Waals surface area contributed by atoms with E-state index in [-0.39, 0.29) is 5.91 Å². The number of nitrogens with one attached hydrogen (secondary N) is 1. The molecule has 10 heteroatoms. The summed E-state index contributed by atoms with van der Waals surface area (Å²) in [6.07, 6.45) is 12.2. The van der Waals surface area contributed by atoms with Crippen LogP contribution in [0, 0.1) is 25.2 Å². The van der Waals surface area contributed by atoms with Gasteiger partial charge in [0.2, 0.25) is 0 Å². The number of aryl methyl sites for hydroxylation is 1. The molecule has 0 unspecified atom stereocenters. The van der Waals surface area contributed by atoms with Crippen LogP contribution in [-0.4, -0.2) is 68.6 Å². The monoisotopic (exact) mass is 717 g/mol. The normalized spacial score (nSPS) is 18.7. The molecule has 3 aliphatic heterocycles. The molecule has 2 saturated heterocycles. The zero-order chi connectivity index (χ0) is 36.4. The molecule has 2 fully saturated rings. The predicted molar refractivity (Wildman–Crippen MR) is 207 cm³/mol. The number of ether oxygens (including phenoxy) is 1. The van der Waals surface area contributed by atoms with E-state index in [0.29, 0.717) is 39.9 Å². The summed E-state index contributed by atoms with van der Waals surface area (Å²) in [6.45, 7) is 11.7. The third kappa shape index (κ3) is 7.44. The summed E-state index contributed by atoms with van der Waals surface area (Å²) < 4.78 is 7.51. The fraction of sp³-hybridized carbons (Fsp3) is 0.429. The SMILES string of the molecule is Cc1cc(/C=C/c2nccc(-c3cccc(NC(=O)c4nc5c(n4C)CCN(C4CCOCC4)C5)c3C)c2C#N)c(Cl)cc1CN1CCCC[C@H]1C. The molecule has 2 aromatic heterocycles. The Morgan fingerprint density at radius 1 is 1.10 bits per heavy atom. The van der Waals surface area contributed by atoms with Gasteiger partial charge in [-0.05, 0) is 105 Å². The standard InChI is InChI=1S/C42H48ClN7O2/c1-27-22-30(36(43)23-31(27)25-49-18-6-5-8-28(49)2)11-12-38-35(24-44)34(13-17-45-38)33-9-7-10-37(29(33)3)47-42(51)41-46-39-26-50(19-14-40(39)48(41)4)32-15-20-52-21-16-32/h7,9-13,17,22-23,28,32H,5-6,8,14-16,18-21,25-26H2,1-4H3,(H,47,51)/b12-11+/t28-/m1/s1. The number of pyridine rings is 1. The number of amides is 1. The van der Waals surface area contributed by atoms with Crippen molar-refractivity contribution in [1.82, 2.24) is 24.3 Å². The predicted octanol–water partition coefficient (Wildman–Crippen LogP) is 7.96. The van der Waals surface area contributed by atoms with Crippen molar-refractivity contribution in [2.45, 2.75) is 84.5 Å². The van der Waals surface area contributed by atoms with E-state index in [1.807, 2.05) is 55.0 Å². The van der Waals surface area contributed by atoms with E-state index in [2.05, 4.69) is 52.2 Å². The number of halogens is 1. The number of benzene rings is 2. The lowest BCUT2D eigenvalue weighted by Gasteiger charge is -2.36. The van der Waals surface area contributed by atoms with Gasteiger partial charge in [0.15, 0.2) is 5.82 Å². The molecule has 270 valence electrons. The Labute approximate surface area is 312 Å². The third-order valence-electron chi connectivity index (χ3n) is 11.3. The van der Waals surface area contributed by atoms with Crippen LogP contribution in [-0.2, 0) is 31.3 Å². The molecule has 0 spiro atoms. The Morgan fingerprint density at radius 3 is 2.71 bits per heavy atom. The van der Waals surface area contributed by atoms with Crippen molar-refractivity contribution in [1.29, 1.82) is 5.26 Å². The third-order valence-corrected chi connectivity index (χ3v) is 11.7. The number of hydrogen-bond acceptors (Lipinski definition) is 7. The summed E-state index contributed by atoms with van der Waals surface area (Å²) in [4.78, 5) is 28.2. The van der Waals surface area contributed by atoms with Gasteiger partial charge in [0.25, 0.3) is 5.91 Å². The van der Waals surface area contributed by atoms with E-state index in [1.165, 1.54) is 30.4 Å². The van der Waals surface area contributed by atoms with Crippen LogP contribution in [0.5, 0.6) is 0 Å². The quantitative estimate of drug-likeness (QED) is 0.198. The number of fused-ring (bicyclic) bond motifs is 1. The lowest BCUT2D eigenvalue weighted by molar-refractivity contribution is 0.0283. The maximum absolute atomic E-state index is 13.7. The van der Waals surface area contributed by atoms with Crippen molar-refractivity contribution >= 4 is 35.3 Å². The van der Waals surface area contributed by atoms with Gasteiger partial charge in [0.05, 0.1) is 17.0 Å². The first-order valence-corrected chi connectivity index (χ1v) is 19.0. The minimum Gasteiger partial charge on any atom is -0.381 e. The van der Waals surface area contributed by atoms with Crippen LogP contribution in [0.15, 0.2) is 42.6 Å². The van der Waals surface area contributed by atoms with Crippen LogP contribution in [0.1, 0.15) is 94.5 Å². The maximum Gasteiger partial charge on any atom is 0.291 e. The van der Waals surface area contributed by atoms with Gasteiger partial charge in [-0.1, -0.05) is 42.3 Å². The lowest BCUT2D eigenvalue weighted by atomic mass is 9.94. The number of likely N-dealkylation sites (tertiary alicyclic amines) is 1. The number of hydrogen-bond donors (Lipinski definition) is 1. The van der Waals surface area contributed by atoms with Crippen LogP contribution in [0.25, 0.3) is 23.3 Å². The van der Waals surface area contributed by atoms with Crippen LogP contribution < -0.4 is 5.32 Å². The van der Waals surface area contributed by atoms with Crippen molar-refractivity contribution in [3.63, 3.8) is 0 Å². The van der Waals surface area contributed by atoms with Gasteiger partial charge in [-0.15, -0.1) is 0 Å². The molecule has 3 aliphatic rings. The second-order valence-electron chi connectivity index (χ2n) is 14.6. The van der Waals surface area contributed by atoms with E-state index < -0.39 is 0 Å². The number of aromatic nitrogens is 3. The van der Waals surface area contributed by atoms with E-state index in [4.69, 9.17) is 21.3 Å². The highest BCUT2D eigenvalue weighted by Gasteiger charge is 2.30. The molecule has 0 radical (unpaired) electrons. The number of nitriles is 1. The van der Waals surface area contributed by atoms with Gasteiger partial charge in [0.1, 0.15) is 6.07 Å². The molecule has 1 N–H and O–H groups in total.